The van der Waals surface area contributed by atoms with Gasteiger partial charge in [-0.15, -0.1) is 0 Å². The molecule has 1 N–H and O–H groups in total. The number of carbonyl (C=O) groups is 1. The average Bonchev–Trinajstić information content (AvgIpc) is 2.93. The van der Waals surface area contributed by atoms with E-state index in [0.29, 0.717) is 12.5 Å². The number of likely N-dealkylation sites (tertiary alicyclic amines) is 1. The fourth-order valence-electron chi connectivity index (χ4n) is 3.01. The first kappa shape index (κ1) is 18.6. The molecule has 5 nitrogen and oxygen atoms in total. The standard InChI is InChI=1S/C19H30N2O3/c1-19(2,3)24-18(22)20-10-8-15-9-11-21(13-15)14-16-6-5-7-17(12-16)23-4/h5-7,12,15H,8-11,13-14H2,1-4H3,(H,20,22). The summed E-state index contributed by atoms with van der Waals surface area (Å²) in [6.07, 6.45) is 1.85. The lowest BCUT2D eigenvalue weighted by Crippen LogP contribution is -2.33. The summed E-state index contributed by atoms with van der Waals surface area (Å²) in [5.74, 6) is 1.54. The van der Waals surface area contributed by atoms with Crippen LogP contribution in [-0.4, -0.2) is 43.3 Å². The smallest absolute Gasteiger partial charge is 0.407 e. The van der Waals surface area contributed by atoms with E-state index in [4.69, 9.17) is 9.47 Å². The van der Waals surface area contributed by atoms with E-state index in [1.165, 1.54) is 12.0 Å². The average molecular weight is 334 g/mol. The van der Waals surface area contributed by atoms with Gasteiger partial charge in [-0.1, -0.05) is 12.1 Å². The molecule has 1 aliphatic rings. The van der Waals surface area contributed by atoms with Crippen LogP contribution in [0.25, 0.3) is 0 Å². The van der Waals surface area contributed by atoms with Crippen molar-refractivity contribution in [2.24, 2.45) is 5.92 Å². The fourth-order valence-corrected chi connectivity index (χ4v) is 3.01. The van der Waals surface area contributed by atoms with Gasteiger partial charge in [0.15, 0.2) is 0 Å². The van der Waals surface area contributed by atoms with Crippen molar-refractivity contribution in [3.8, 4) is 5.75 Å². The van der Waals surface area contributed by atoms with Crippen molar-refractivity contribution in [1.29, 1.82) is 0 Å². The van der Waals surface area contributed by atoms with E-state index in [1.54, 1.807) is 7.11 Å². The van der Waals surface area contributed by atoms with Crippen LogP contribution in [-0.2, 0) is 11.3 Å². The van der Waals surface area contributed by atoms with Crippen molar-refractivity contribution in [3.05, 3.63) is 29.8 Å². The Morgan fingerprint density at radius 3 is 2.88 bits per heavy atom. The highest BCUT2D eigenvalue weighted by Gasteiger charge is 2.23. The lowest BCUT2D eigenvalue weighted by molar-refractivity contribution is 0.0525. The zero-order valence-electron chi connectivity index (χ0n) is 15.3. The predicted octanol–water partition coefficient (Wildman–Crippen LogP) is 3.43. The summed E-state index contributed by atoms with van der Waals surface area (Å²) >= 11 is 0. The van der Waals surface area contributed by atoms with Gasteiger partial charge in [0.25, 0.3) is 0 Å². The van der Waals surface area contributed by atoms with Gasteiger partial charge in [-0.3, -0.25) is 4.90 Å². The Morgan fingerprint density at radius 1 is 1.38 bits per heavy atom. The highest BCUT2D eigenvalue weighted by Crippen LogP contribution is 2.22. The van der Waals surface area contributed by atoms with Crippen LogP contribution in [0.2, 0.25) is 0 Å². The van der Waals surface area contributed by atoms with Gasteiger partial charge in [0.1, 0.15) is 11.4 Å². The molecule has 134 valence electrons. The minimum Gasteiger partial charge on any atom is -0.497 e. The molecule has 1 aliphatic heterocycles. The second-order valence-corrected chi connectivity index (χ2v) is 7.46. The first-order chi connectivity index (χ1) is 11.4. The third kappa shape index (κ3) is 6.40. The number of methoxy groups -OCH3 is 1. The number of hydrogen-bond donors (Lipinski definition) is 1. The molecule has 1 aromatic rings. The predicted molar refractivity (Wildman–Crippen MR) is 95.2 cm³/mol. The van der Waals surface area contributed by atoms with Crippen LogP contribution < -0.4 is 10.1 Å². The van der Waals surface area contributed by atoms with Crippen LogP contribution in [0.3, 0.4) is 0 Å². The number of rotatable bonds is 6. The summed E-state index contributed by atoms with van der Waals surface area (Å²) in [6.45, 7) is 9.43. The summed E-state index contributed by atoms with van der Waals surface area (Å²) in [6, 6.07) is 8.24. The van der Waals surface area contributed by atoms with E-state index in [0.717, 1.165) is 31.8 Å². The highest BCUT2D eigenvalue weighted by molar-refractivity contribution is 5.67. The van der Waals surface area contributed by atoms with Gasteiger partial charge in [0, 0.05) is 19.6 Å². The molecule has 1 saturated heterocycles. The van der Waals surface area contributed by atoms with Gasteiger partial charge in [-0.25, -0.2) is 4.79 Å². The highest BCUT2D eigenvalue weighted by atomic mass is 16.6. The molecule has 0 aliphatic carbocycles. The van der Waals surface area contributed by atoms with Crippen LogP contribution in [0.4, 0.5) is 4.79 Å². The minimum atomic E-state index is -0.440. The van der Waals surface area contributed by atoms with E-state index < -0.39 is 5.60 Å². The molecule has 5 heteroatoms. The van der Waals surface area contributed by atoms with Gasteiger partial charge < -0.3 is 14.8 Å². The molecule has 0 bridgehead atoms. The summed E-state index contributed by atoms with van der Waals surface area (Å²) < 4.78 is 10.5. The molecule has 1 amide bonds. The molecule has 1 heterocycles. The van der Waals surface area contributed by atoms with Crippen LogP contribution in [0, 0.1) is 5.92 Å². The third-order valence-corrected chi connectivity index (χ3v) is 4.13. The van der Waals surface area contributed by atoms with E-state index in [9.17, 15) is 4.79 Å². The van der Waals surface area contributed by atoms with E-state index in [1.807, 2.05) is 32.9 Å². The molecular weight excluding hydrogens is 304 g/mol. The number of amides is 1. The number of nitrogens with zero attached hydrogens (tertiary/aromatic N) is 1. The lowest BCUT2D eigenvalue weighted by atomic mass is 10.1. The number of nitrogens with one attached hydrogen (secondary N) is 1. The van der Waals surface area contributed by atoms with Gasteiger partial charge in [0.05, 0.1) is 7.11 Å². The number of alkyl carbamates (subject to hydrolysis) is 1. The molecule has 2 rings (SSSR count). The molecule has 1 unspecified atom stereocenters. The number of ether oxygens (including phenoxy) is 2. The van der Waals surface area contributed by atoms with Gasteiger partial charge >= 0.3 is 6.09 Å². The maximum atomic E-state index is 11.6. The first-order valence-electron chi connectivity index (χ1n) is 8.68. The van der Waals surface area contributed by atoms with Gasteiger partial charge in [-0.2, -0.15) is 0 Å². The Balaban J connectivity index is 1.68. The Labute approximate surface area is 145 Å². The van der Waals surface area contributed by atoms with E-state index in [-0.39, 0.29) is 6.09 Å². The van der Waals surface area contributed by atoms with Crippen molar-refractivity contribution < 1.29 is 14.3 Å². The second kappa shape index (κ2) is 8.38. The topological polar surface area (TPSA) is 50.8 Å². The monoisotopic (exact) mass is 334 g/mol. The lowest BCUT2D eigenvalue weighted by Gasteiger charge is -2.20. The number of carbonyl (C=O) groups excluding carboxylic acids is 1. The number of benzene rings is 1. The Hall–Kier alpha value is -1.75. The van der Waals surface area contributed by atoms with Crippen LogP contribution in [0.1, 0.15) is 39.2 Å². The zero-order valence-corrected chi connectivity index (χ0v) is 15.3. The molecule has 0 aromatic heterocycles. The van der Waals surface area contributed by atoms with Crippen molar-refractivity contribution in [2.75, 3.05) is 26.7 Å². The Bertz CT molecular complexity index is 540. The molecule has 0 saturated carbocycles. The molecule has 24 heavy (non-hydrogen) atoms. The second-order valence-electron chi connectivity index (χ2n) is 7.46. The number of hydrogen-bond acceptors (Lipinski definition) is 4. The third-order valence-electron chi connectivity index (χ3n) is 4.13. The fraction of sp³-hybridized carbons (Fsp3) is 0.632. The van der Waals surface area contributed by atoms with Gasteiger partial charge in [-0.05, 0) is 63.8 Å². The maximum absolute atomic E-state index is 11.6. The van der Waals surface area contributed by atoms with Crippen LogP contribution in [0.15, 0.2) is 24.3 Å². The largest absolute Gasteiger partial charge is 0.497 e. The SMILES string of the molecule is COc1cccc(CN2CCC(CCNC(=O)OC(C)(C)C)C2)c1. The Kier molecular flexibility index (Phi) is 6.49. The van der Waals surface area contributed by atoms with E-state index >= 15 is 0 Å². The molecule has 0 radical (unpaired) electrons. The summed E-state index contributed by atoms with van der Waals surface area (Å²) in [5, 5.41) is 2.85. The molecular formula is C19H30N2O3. The molecule has 0 spiro atoms. The van der Waals surface area contributed by atoms with Crippen molar-refractivity contribution in [1.82, 2.24) is 10.2 Å². The normalized spacial score (nSPS) is 18.4. The summed E-state index contributed by atoms with van der Waals surface area (Å²) in [4.78, 5) is 14.1. The summed E-state index contributed by atoms with van der Waals surface area (Å²) in [5.41, 5.74) is 0.840. The van der Waals surface area contributed by atoms with Gasteiger partial charge in [0.2, 0.25) is 0 Å². The zero-order chi connectivity index (χ0) is 17.6. The van der Waals surface area contributed by atoms with Crippen LogP contribution >= 0.6 is 0 Å². The molecule has 1 aromatic carbocycles. The molecule has 1 fully saturated rings. The Morgan fingerprint density at radius 2 is 2.17 bits per heavy atom. The van der Waals surface area contributed by atoms with Crippen molar-refractivity contribution >= 4 is 6.09 Å². The van der Waals surface area contributed by atoms with E-state index in [2.05, 4.69) is 22.3 Å². The van der Waals surface area contributed by atoms with Crippen LogP contribution in [0.5, 0.6) is 5.75 Å². The molecule has 1 atom stereocenters. The maximum Gasteiger partial charge on any atom is 0.407 e. The quantitative estimate of drug-likeness (QED) is 0.866. The van der Waals surface area contributed by atoms with Crippen molar-refractivity contribution in [2.45, 2.75) is 45.8 Å². The summed E-state index contributed by atoms with van der Waals surface area (Å²) in [7, 11) is 1.70. The van der Waals surface area contributed by atoms with Crippen molar-refractivity contribution in [3.63, 3.8) is 0 Å². The minimum absolute atomic E-state index is 0.325. The first-order valence-corrected chi connectivity index (χ1v) is 8.68.